The molecule has 21 heavy (non-hydrogen) atoms. The quantitative estimate of drug-likeness (QED) is 0.460. The third kappa shape index (κ3) is 2.81. The van der Waals surface area contributed by atoms with Crippen LogP contribution in [0.4, 0.5) is 4.39 Å². The van der Waals surface area contributed by atoms with Crippen LogP contribution in [0, 0.1) is 0 Å². The molecule has 0 aromatic carbocycles. The standard InChI is InChI=1S/C11H12FIN2O6/c12-11(20)7(17)6(4-16)21-9(11)15-3-5(1-2-13)8(18)14-10(15)19/h1-3,6-7,9,16-17,20H,4H2,(H,14,18,19)/b2-1+/t6-,7-,9-,11-/m1/s1/i13+4. The van der Waals surface area contributed by atoms with Crippen molar-refractivity contribution in [3.8, 4) is 0 Å². The van der Waals surface area contributed by atoms with Gasteiger partial charge in [-0.25, -0.2) is 9.18 Å². The van der Waals surface area contributed by atoms with E-state index < -0.39 is 42.1 Å². The van der Waals surface area contributed by atoms with Gasteiger partial charge in [-0.1, -0.05) is 22.6 Å². The number of nitrogens with zero attached hydrogens (tertiary/aromatic N) is 1. The van der Waals surface area contributed by atoms with Gasteiger partial charge in [-0.05, 0) is 10.2 Å². The number of alkyl halides is 1. The number of hydrogen-bond acceptors (Lipinski definition) is 6. The second-order valence-electron chi connectivity index (χ2n) is 4.43. The fourth-order valence-corrected chi connectivity index (χ4v) is 2.39. The van der Waals surface area contributed by atoms with Crippen molar-refractivity contribution in [1.82, 2.24) is 9.55 Å². The van der Waals surface area contributed by atoms with E-state index in [1.165, 1.54) is 10.2 Å². The number of aromatic nitrogens is 2. The topological polar surface area (TPSA) is 125 Å². The number of aromatic amines is 1. The minimum absolute atomic E-state index is 0.0327. The van der Waals surface area contributed by atoms with Gasteiger partial charge in [0, 0.05) is 6.20 Å². The molecule has 2 rings (SSSR count). The van der Waals surface area contributed by atoms with Gasteiger partial charge in [-0.3, -0.25) is 14.3 Å². The highest BCUT2D eigenvalue weighted by atomic mass is 131. The lowest BCUT2D eigenvalue weighted by molar-refractivity contribution is -0.197. The molecule has 0 aliphatic carbocycles. The molecule has 1 fully saturated rings. The number of aliphatic hydroxyl groups excluding tert-OH is 2. The van der Waals surface area contributed by atoms with Crippen molar-refractivity contribution in [1.29, 1.82) is 0 Å². The highest BCUT2D eigenvalue weighted by molar-refractivity contribution is 14.1. The summed E-state index contributed by atoms with van der Waals surface area (Å²) >= 11 is 1.85. The second kappa shape index (κ2) is 5.96. The van der Waals surface area contributed by atoms with Crippen molar-refractivity contribution >= 4 is 28.7 Å². The second-order valence-corrected chi connectivity index (χ2v) is 5.14. The summed E-state index contributed by atoms with van der Waals surface area (Å²) in [6.07, 6.45) is -2.96. The van der Waals surface area contributed by atoms with Crippen LogP contribution < -0.4 is 11.2 Å². The van der Waals surface area contributed by atoms with Crippen LogP contribution >= 0.6 is 22.6 Å². The van der Waals surface area contributed by atoms with Crippen molar-refractivity contribution in [3.63, 3.8) is 0 Å². The minimum atomic E-state index is -3.29. The normalized spacial score (nSPS) is 32.9. The van der Waals surface area contributed by atoms with Crippen LogP contribution in [0.1, 0.15) is 11.8 Å². The van der Waals surface area contributed by atoms with Crippen LogP contribution in [0.2, 0.25) is 0 Å². The Hall–Kier alpha value is -1.08. The Morgan fingerprint density at radius 1 is 1.57 bits per heavy atom. The zero-order valence-electron chi connectivity index (χ0n) is 10.4. The summed E-state index contributed by atoms with van der Waals surface area (Å²) in [5.74, 6) is -3.29. The van der Waals surface area contributed by atoms with Crippen molar-refractivity contribution in [2.45, 2.75) is 24.3 Å². The van der Waals surface area contributed by atoms with Crippen molar-refractivity contribution in [3.05, 3.63) is 36.7 Å². The van der Waals surface area contributed by atoms with Crippen LogP contribution in [-0.2, 0) is 4.74 Å². The maximum atomic E-state index is 14.2. The number of aliphatic hydroxyl groups is 3. The van der Waals surface area contributed by atoms with E-state index >= 15 is 0 Å². The maximum Gasteiger partial charge on any atom is 0.330 e. The van der Waals surface area contributed by atoms with Gasteiger partial charge >= 0.3 is 5.69 Å². The molecule has 1 aliphatic heterocycles. The average Bonchev–Trinajstić information content (AvgIpc) is 2.65. The van der Waals surface area contributed by atoms with E-state index in [-0.39, 0.29) is 5.56 Å². The van der Waals surface area contributed by atoms with E-state index in [2.05, 4.69) is 0 Å². The molecule has 2 heterocycles. The molecule has 4 atom stereocenters. The van der Waals surface area contributed by atoms with E-state index in [1.54, 1.807) is 0 Å². The Morgan fingerprint density at radius 2 is 2.24 bits per heavy atom. The molecule has 0 unspecified atom stereocenters. The smallest absolute Gasteiger partial charge is 0.330 e. The number of hydrogen-bond donors (Lipinski definition) is 4. The lowest BCUT2D eigenvalue weighted by Crippen LogP contribution is -2.46. The maximum absolute atomic E-state index is 14.2. The van der Waals surface area contributed by atoms with E-state index in [0.29, 0.717) is 4.57 Å². The van der Waals surface area contributed by atoms with Crippen molar-refractivity contribution < 1.29 is 24.4 Å². The average molecular weight is 418 g/mol. The Bertz CT molecular complexity index is 669. The van der Waals surface area contributed by atoms with Gasteiger partial charge in [-0.2, -0.15) is 0 Å². The van der Waals surface area contributed by atoms with Crippen molar-refractivity contribution in [2.24, 2.45) is 0 Å². The highest BCUT2D eigenvalue weighted by Crippen LogP contribution is 2.38. The Labute approximate surface area is 130 Å². The lowest BCUT2D eigenvalue weighted by Gasteiger charge is -2.23. The van der Waals surface area contributed by atoms with Gasteiger partial charge in [0.25, 0.3) is 11.4 Å². The van der Waals surface area contributed by atoms with Gasteiger partial charge in [0.1, 0.15) is 12.2 Å². The number of nitrogens with one attached hydrogen (secondary N) is 1. The highest BCUT2D eigenvalue weighted by Gasteiger charge is 2.57. The number of halogens is 2. The van der Waals surface area contributed by atoms with Crippen molar-refractivity contribution in [2.75, 3.05) is 6.61 Å². The summed E-state index contributed by atoms with van der Waals surface area (Å²) in [4.78, 5) is 25.2. The molecule has 0 radical (unpaired) electrons. The zero-order valence-corrected chi connectivity index (χ0v) is 12.6. The first kappa shape index (κ1) is 16.3. The molecular formula is C11H12FIN2O6. The number of H-pyrrole nitrogens is 1. The summed E-state index contributed by atoms with van der Waals surface area (Å²) in [5, 5.41) is 28.2. The number of rotatable bonds is 3. The molecule has 1 aromatic heterocycles. The Balaban J connectivity index is 2.54. The summed E-state index contributed by atoms with van der Waals surface area (Å²) in [6.45, 7) is -0.748. The SMILES string of the molecule is O=c1[nH]c(=O)n([C@@H]2O[C@H](CO)[C@@H](O)[C@]2(O)F)cc1/C=C/[131I]. The molecule has 10 heteroatoms. The third-order valence-electron chi connectivity index (χ3n) is 3.09. The molecule has 4 N–H and O–H groups in total. The van der Waals surface area contributed by atoms with E-state index in [9.17, 15) is 24.2 Å². The predicted molar refractivity (Wildman–Crippen MR) is 77.4 cm³/mol. The number of ether oxygens (including phenoxy) is 1. The summed E-state index contributed by atoms with van der Waals surface area (Å²) < 4.78 is 21.3. The summed E-state index contributed by atoms with van der Waals surface area (Å²) in [7, 11) is 0. The largest absolute Gasteiger partial charge is 0.394 e. The zero-order chi connectivity index (χ0) is 15.8. The van der Waals surface area contributed by atoms with E-state index in [1.807, 2.05) is 27.6 Å². The van der Waals surface area contributed by atoms with Gasteiger partial charge < -0.3 is 20.1 Å². The molecule has 0 spiro atoms. The molecule has 8 nitrogen and oxygen atoms in total. The fourth-order valence-electron chi connectivity index (χ4n) is 2.01. The summed E-state index contributed by atoms with van der Waals surface area (Å²) in [5.41, 5.74) is -1.67. The van der Waals surface area contributed by atoms with E-state index in [0.717, 1.165) is 6.20 Å². The van der Waals surface area contributed by atoms with Gasteiger partial charge in [-0.15, -0.1) is 0 Å². The molecule has 0 saturated carbocycles. The first-order valence-corrected chi connectivity index (χ1v) is 7.05. The van der Waals surface area contributed by atoms with Gasteiger partial charge in [0.05, 0.1) is 12.2 Å². The minimum Gasteiger partial charge on any atom is -0.394 e. The molecule has 1 saturated heterocycles. The third-order valence-corrected chi connectivity index (χ3v) is 3.45. The van der Waals surface area contributed by atoms with E-state index in [4.69, 9.17) is 9.84 Å². The van der Waals surface area contributed by atoms with Crippen LogP contribution in [0.25, 0.3) is 6.08 Å². The molecular weight excluding hydrogens is 406 g/mol. The lowest BCUT2D eigenvalue weighted by atomic mass is 10.1. The Kier molecular flexibility index (Phi) is 4.63. The van der Waals surface area contributed by atoms with Gasteiger partial charge in [0.15, 0.2) is 6.23 Å². The molecule has 116 valence electrons. The molecule has 0 amide bonds. The van der Waals surface area contributed by atoms with Crippen LogP contribution in [0.3, 0.4) is 0 Å². The molecule has 1 aliphatic rings. The monoisotopic (exact) mass is 418 g/mol. The fraction of sp³-hybridized carbons (Fsp3) is 0.455. The molecule has 1 aromatic rings. The molecule has 0 bridgehead atoms. The predicted octanol–water partition coefficient (Wildman–Crippen LogP) is -1.15. The van der Waals surface area contributed by atoms with Gasteiger partial charge in [0.2, 0.25) is 0 Å². The first-order chi connectivity index (χ1) is 9.82. The summed E-state index contributed by atoms with van der Waals surface area (Å²) in [6, 6.07) is 0. The van der Waals surface area contributed by atoms with Crippen LogP contribution in [-0.4, -0.2) is 49.5 Å². The van der Waals surface area contributed by atoms with Crippen LogP contribution in [0.15, 0.2) is 19.9 Å². The van der Waals surface area contributed by atoms with Crippen LogP contribution in [0.5, 0.6) is 0 Å². The first-order valence-electron chi connectivity index (χ1n) is 5.80. The Morgan fingerprint density at radius 3 is 2.76 bits per heavy atom.